The van der Waals surface area contributed by atoms with Crippen LogP contribution in [0, 0.1) is 5.92 Å². The number of rotatable bonds is 6. The monoisotopic (exact) mass is 281 g/mol. The predicted molar refractivity (Wildman–Crippen MR) is 82.7 cm³/mol. The molecule has 1 heterocycles. The van der Waals surface area contributed by atoms with Crippen molar-refractivity contribution in [2.45, 2.75) is 57.4 Å². The first kappa shape index (κ1) is 15.8. The molecule has 0 aromatic carbocycles. The Hall–Kier alpha value is -0.610. The molecule has 0 atom stereocenters. The minimum atomic E-state index is 0.213. The maximum atomic E-state index is 12.0. The Labute approximate surface area is 123 Å². The van der Waals surface area contributed by atoms with Crippen molar-refractivity contribution >= 4 is 5.91 Å². The first-order chi connectivity index (χ1) is 9.74. The molecule has 0 unspecified atom stereocenters. The molecule has 0 spiro atoms. The number of hydrogen-bond acceptors (Lipinski definition) is 3. The molecule has 0 aromatic rings. The van der Waals surface area contributed by atoms with E-state index in [0.29, 0.717) is 12.6 Å². The van der Waals surface area contributed by atoms with Crippen LogP contribution in [0.1, 0.15) is 51.4 Å². The van der Waals surface area contributed by atoms with E-state index in [2.05, 4.69) is 22.6 Å². The average molecular weight is 281 g/mol. The van der Waals surface area contributed by atoms with E-state index < -0.39 is 0 Å². The minimum Gasteiger partial charge on any atom is -0.352 e. The molecule has 4 heteroatoms. The summed E-state index contributed by atoms with van der Waals surface area (Å²) in [5.41, 5.74) is 0. The Morgan fingerprint density at radius 3 is 2.55 bits per heavy atom. The van der Waals surface area contributed by atoms with Gasteiger partial charge in [0, 0.05) is 6.04 Å². The van der Waals surface area contributed by atoms with Gasteiger partial charge in [0.15, 0.2) is 0 Å². The van der Waals surface area contributed by atoms with Crippen molar-refractivity contribution < 1.29 is 4.79 Å². The summed E-state index contributed by atoms with van der Waals surface area (Å²) >= 11 is 0. The highest BCUT2D eigenvalue weighted by Crippen LogP contribution is 2.17. The zero-order valence-electron chi connectivity index (χ0n) is 13.0. The van der Waals surface area contributed by atoms with E-state index in [-0.39, 0.29) is 5.91 Å². The van der Waals surface area contributed by atoms with Crippen LogP contribution in [-0.4, -0.2) is 50.1 Å². The SMILES string of the molecule is CN(CCC1CCNCC1)CC(=O)NC1CCCCC1. The molecule has 1 amide bonds. The molecular weight excluding hydrogens is 250 g/mol. The van der Waals surface area contributed by atoms with Crippen molar-refractivity contribution in [3.05, 3.63) is 0 Å². The standard InChI is InChI=1S/C16H31N3O/c1-19(12-9-14-7-10-17-11-8-14)13-16(20)18-15-5-3-2-4-6-15/h14-15,17H,2-13H2,1H3,(H,18,20). The van der Waals surface area contributed by atoms with Gasteiger partial charge >= 0.3 is 0 Å². The second kappa shape index (κ2) is 8.63. The summed E-state index contributed by atoms with van der Waals surface area (Å²) in [5, 5.41) is 6.60. The third-order valence-corrected chi connectivity index (χ3v) is 4.76. The van der Waals surface area contributed by atoms with Crippen molar-refractivity contribution in [3.63, 3.8) is 0 Å². The normalized spacial score (nSPS) is 22.1. The Kier molecular flexibility index (Phi) is 6.80. The van der Waals surface area contributed by atoms with Gasteiger partial charge in [-0.25, -0.2) is 0 Å². The van der Waals surface area contributed by atoms with Gasteiger partial charge in [0.05, 0.1) is 6.54 Å². The average Bonchev–Trinajstić information content (AvgIpc) is 2.47. The van der Waals surface area contributed by atoms with Crippen molar-refractivity contribution in [3.8, 4) is 0 Å². The highest BCUT2D eigenvalue weighted by molar-refractivity contribution is 5.78. The molecule has 2 aliphatic rings. The number of amides is 1. The van der Waals surface area contributed by atoms with Gasteiger partial charge in [-0.3, -0.25) is 9.69 Å². The van der Waals surface area contributed by atoms with Gasteiger partial charge in [-0.1, -0.05) is 19.3 Å². The molecule has 0 aromatic heterocycles. The second-order valence-electron chi connectivity index (χ2n) is 6.62. The lowest BCUT2D eigenvalue weighted by Gasteiger charge is -2.26. The van der Waals surface area contributed by atoms with Crippen LogP contribution in [0.5, 0.6) is 0 Å². The van der Waals surface area contributed by atoms with Gasteiger partial charge in [0.1, 0.15) is 0 Å². The molecule has 1 saturated carbocycles. The van der Waals surface area contributed by atoms with Crippen LogP contribution in [0.15, 0.2) is 0 Å². The first-order valence-corrected chi connectivity index (χ1v) is 8.42. The van der Waals surface area contributed by atoms with E-state index in [1.807, 2.05) is 0 Å². The van der Waals surface area contributed by atoms with Gasteiger partial charge in [-0.15, -0.1) is 0 Å². The Balaban J connectivity index is 1.57. The zero-order valence-corrected chi connectivity index (χ0v) is 13.0. The van der Waals surface area contributed by atoms with E-state index in [1.165, 1.54) is 51.4 Å². The highest BCUT2D eigenvalue weighted by Gasteiger charge is 2.17. The summed E-state index contributed by atoms with van der Waals surface area (Å²) in [5.74, 6) is 1.06. The fourth-order valence-corrected chi connectivity index (χ4v) is 3.42. The molecule has 116 valence electrons. The predicted octanol–water partition coefficient (Wildman–Crippen LogP) is 1.76. The molecule has 2 N–H and O–H groups in total. The number of likely N-dealkylation sites (N-methyl/N-ethyl adjacent to an activating group) is 1. The van der Waals surface area contributed by atoms with Crippen LogP contribution in [0.4, 0.5) is 0 Å². The minimum absolute atomic E-state index is 0.213. The molecule has 1 saturated heterocycles. The highest BCUT2D eigenvalue weighted by atomic mass is 16.2. The van der Waals surface area contributed by atoms with Crippen LogP contribution in [0.3, 0.4) is 0 Å². The van der Waals surface area contributed by atoms with E-state index in [0.717, 1.165) is 25.6 Å². The molecule has 1 aliphatic carbocycles. The summed E-state index contributed by atoms with van der Waals surface area (Å²) in [7, 11) is 2.07. The summed E-state index contributed by atoms with van der Waals surface area (Å²) in [6.07, 6.45) is 10.0. The molecule has 2 fully saturated rings. The molecule has 1 aliphatic heterocycles. The summed E-state index contributed by atoms with van der Waals surface area (Å²) < 4.78 is 0. The smallest absolute Gasteiger partial charge is 0.234 e. The molecule has 0 radical (unpaired) electrons. The number of nitrogens with one attached hydrogen (secondary N) is 2. The van der Waals surface area contributed by atoms with Crippen LogP contribution in [0.2, 0.25) is 0 Å². The molecule has 2 rings (SSSR count). The first-order valence-electron chi connectivity index (χ1n) is 8.42. The van der Waals surface area contributed by atoms with Crippen LogP contribution in [-0.2, 0) is 4.79 Å². The van der Waals surface area contributed by atoms with E-state index in [9.17, 15) is 4.79 Å². The van der Waals surface area contributed by atoms with Gasteiger partial charge in [0.2, 0.25) is 5.91 Å². The Bertz CT molecular complexity index is 283. The van der Waals surface area contributed by atoms with Crippen molar-refractivity contribution in [2.24, 2.45) is 5.92 Å². The Morgan fingerprint density at radius 1 is 1.15 bits per heavy atom. The van der Waals surface area contributed by atoms with Crippen molar-refractivity contribution in [1.82, 2.24) is 15.5 Å². The number of hydrogen-bond donors (Lipinski definition) is 2. The van der Waals surface area contributed by atoms with Crippen LogP contribution >= 0.6 is 0 Å². The van der Waals surface area contributed by atoms with Crippen LogP contribution in [0.25, 0.3) is 0 Å². The Morgan fingerprint density at radius 2 is 1.85 bits per heavy atom. The maximum absolute atomic E-state index is 12.0. The lowest BCUT2D eigenvalue weighted by Crippen LogP contribution is -2.42. The third kappa shape index (κ3) is 5.80. The number of carbonyl (C=O) groups excluding carboxylic acids is 1. The van der Waals surface area contributed by atoms with E-state index >= 15 is 0 Å². The number of nitrogens with zero attached hydrogens (tertiary/aromatic N) is 1. The maximum Gasteiger partial charge on any atom is 0.234 e. The van der Waals surface area contributed by atoms with Crippen molar-refractivity contribution in [2.75, 3.05) is 33.2 Å². The lowest BCUT2D eigenvalue weighted by atomic mass is 9.94. The zero-order chi connectivity index (χ0) is 14.2. The van der Waals surface area contributed by atoms with Gasteiger partial charge in [0.25, 0.3) is 0 Å². The summed E-state index contributed by atoms with van der Waals surface area (Å²) in [6.45, 7) is 3.93. The second-order valence-corrected chi connectivity index (χ2v) is 6.62. The summed E-state index contributed by atoms with van der Waals surface area (Å²) in [6, 6.07) is 0.439. The van der Waals surface area contributed by atoms with E-state index in [4.69, 9.17) is 0 Å². The number of carbonyl (C=O) groups is 1. The molecular formula is C16H31N3O. The number of piperidine rings is 1. The van der Waals surface area contributed by atoms with E-state index in [1.54, 1.807) is 0 Å². The quantitative estimate of drug-likeness (QED) is 0.780. The topological polar surface area (TPSA) is 44.4 Å². The largest absolute Gasteiger partial charge is 0.352 e. The molecule has 20 heavy (non-hydrogen) atoms. The lowest BCUT2D eigenvalue weighted by molar-refractivity contribution is -0.122. The fraction of sp³-hybridized carbons (Fsp3) is 0.938. The van der Waals surface area contributed by atoms with Crippen LogP contribution < -0.4 is 10.6 Å². The molecule has 4 nitrogen and oxygen atoms in total. The summed E-state index contributed by atoms with van der Waals surface area (Å²) in [4.78, 5) is 14.2. The van der Waals surface area contributed by atoms with Gasteiger partial charge in [-0.2, -0.15) is 0 Å². The van der Waals surface area contributed by atoms with Crippen molar-refractivity contribution in [1.29, 1.82) is 0 Å². The van der Waals surface area contributed by atoms with Gasteiger partial charge in [-0.05, 0) is 64.7 Å². The van der Waals surface area contributed by atoms with Gasteiger partial charge < -0.3 is 10.6 Å². The third-order valence-electron chi connectivity index (χ3n) is 4.76. The molecule has 0 bridgehead atoms. The fourth-order valence-electron chi connectivity index (χ4n) is 3.42.